The third kappa shape index (κ3) is 4.42. The van der Waals surface area contributed by atoms with E-state index in [1.54, 1.807) is 6.20 Å². The number of nitrogens with one attached hydrogen (secondary N) is 1. The van der Waals surface area contributed by atoms with Crippen LogP contribution >= 0.6 is 11.8 Å². The topological polar surface area (TPSA) is 54.4 Å². The number of carbonyl (C=O) groups is 1. The predicted molar refractivity (Wildman–Crippen MR) is 95.6 cm³/mol. The lowest BCUT2D eigenvalue weighted by Crippen LogP contribution is -2.20. The number of hydrogen-bond acceptors (Lipinski definition) is 4. The standard InChI is InChI=1S/C18H19N3OS/c22-17(21-20-12-14-6-2-1-3-7-14)13-23-16-10-4-8-15-9-5-11-19-18(15)16/h1-2,4-5,8-12,14H,3,6-7,13H2,(H,21,22)/b20-12+. The van der Waals surface area contributed by atoms with Crippen LogP contribution in [0, 0.1) is 5.92 Å². The van der Waals surface area contributed by atoms with Crippen molar-refractivity contribution in [2.24, 2.45) is 11.0 Å². The Bertz CT molecular complexity index is 737. The summed E-state index contributed by atoms with van der Waals surface area (Å²) in [6, 6.07) is 9.94. The molecule has 1 aromatic carbocycles. The van der Waals surface area contributed by atoms with Gasteiger partial charge in [-0.15, -0.1) is 11.8 Å². The number of rotatable bonds is 5. The second-order valence-corrected chi connectivity index (χ2v) is 6.49. The van der Waals surface area contributed by atoms with Crippen molar-refractivity contribution in [2.45, 2.75) is 24.2 Å². The van der Waals surface area contributed by atoms with E-state index in [0.29, 0.717) is 11.7 Å². The molecule has 0 saturated heterocycles. The number of nitrogens with zero attached hydrogens (tertiary/aromatic N) is 2. The summed E-state index contributed by atoms with van der Waals surface area (Å²) in [6.45, 7) is 0. The molecule has 0 aliphatic heterocycles. The van der Waals surface area contributed by atoms with Gasteiger partial charge in [-0.3, -0.25) is 9.78 Å². The summed E-state index contributed by atoms with van der Waals surface area (Å²) in [6.07, 6.45) is 11.2. The van der Waals surface area contributed by atoms with Gasteiger partial charge in [0.05, 0.1) is 11.3 Å². The van der Waals surface area contributed by atoms with Crippen LogP contribution in [0.25, 0.3) is 10.9 Å². The summed E-state index contributed by atoms with van der Waals surface area (Å²) in [7, 11) is 0. The number of hydrazone groups is 1. The molecule has 1 aromatic heterocycles. The molecule has 1 heterocycles. The fraction of sp³-hybridized carbons (Fsp3) is 0.278. The van der Waals surface area contributed by atoms with E-state index >= 15 is 0 Å². The zero-order valence-electron chi connectivity index (χ0n) is 12.8. The summed E-state index contributed by atoms with van der Waals surface area (Å²) in [4.78, 5) is 17.3. The SMILES string of the molecule is O=C(CSc1cccc2cccnc12)N/N=C/C1CC=CCC1. The first-order valence-corrected chi connectivity index (χ1v) is 8.75. The van der Waals surface area contributed by atoms with Gasteiger partial charge in [-0.25, -0.2) is 5.43 Å². The number of aromatic nitrogens is 1. The van der Waals surface area contributed by atoms with Crippen LogP contribution < -0.4 is 5.43 Å². The fourth-order valence-corrected chi connectivity index (χ4v) is 3.37. The molecular weight excluding hydrogens is 306 g/mol. The first kappa shape index (κ1) is 15.7. The van der Waals surface area contributed by atoms with Gasteiger partial charge in [0, 0.05) is 22.7 Å². The summed E-state index contributed by atoms with van der Waals surface area (Å²) < 4.78 is 0. The number of fused-ring (bicyclic) bond motifs is 1. The number of thioether (sulfide) groups is 1. The van der Waals surface area contributed by atoms with Gasteiger partial charge in [0.25, 0.3) is 0 Å². The molecule has 0 bridgehead atoms. The average molecular weight is 325 g/mol. The van der Waals surface area contributed by atoms with Gasteiger partial charge in [-0.05, 0) is 37.3 Å². The van der Waals surface area contributed by atoms with Crippen molar-refractivity contribution >= 4 is 34.8 Å². The number of allylic oxidation sites excluding steroid dienone is 2. The molecule has 23 heavy (non-hydrogen) atoms. The lowest BCUT2D eigenvalue weighted by Gasteiger charge is -2.11. The summed E-state index contributed by atoms with van der Waals surface area (Å²) in [5, 5.41) is 5.17. The van der Waals surface area contributed by atoms with E-state index in [2.05, 4.69) is 27.7 Å². The highest BCUT2D eigenvalue weighted by atomic mass is 32.2. The zero-order chi connectivity index (χ0) is 15.9. The highest BCUT2D eigenvalue weighted by molar-refractivity contribution is 8.00. The van der Waals surface area contributed by atoms with Crippen molar-refractivity contribution in [3.63, 3.8) is 0 Å². The number of para-hydroxylation sites is 1. The van der Waals surface area contributed by atoms with Crippen LogP contribution in [-0.4, -0.2) is 22.9 Å². The molecule has 0 fully saturated rings. The van der Waals surface area contributed by atoms with Crippen LogP contribution in [0.4, 0.5) is 0 Å². The molecule has 118 valence electrons. The van der Waals surface area contributed by atoms with Crippen LogP contribution in [0.1, 0.15) is 19.3 Å². The highest BCUT2D eigenvalue weighted by Gasteiger charge is 2.08. The Morgan fingerprint density at radius 3 is 3.13 bits per heavy atom. The monoisotopic (exact) mass is 325 g/mol. The summed E-state index contributed by atoms with van der Waals surface area (Å²) >= 11 is 1.48. The number of amides is 1. The second-order valence-electron chi connectivity index (χ2n) is 5.48. The maximum atomic E-state index is 11.9. The van der Waals surface area contributed by atoms with Gasteiger partial charge in [0.2, 0.25) is 5.91 Å². The van der Waals surface area contributed by atoms with Crippen molar-refractivity contribution in [1.29, 1.82) is 0 Å². The Balaban J connectivity index is 1.52. The first-order chi connectivity index (χ1) is 11.3. The Hall–Kier alpha value is -2.14. The molecule has 0 saturated carbocycles. The maximum Gasteiger partial charge on any atom is 0.250 e. The van der Waals surface area contributed by atoms with Crippen LogP contribution in [0.2, 0.25) is 0 Å². The molecule has 5 heteroatoms. The van der Waals surface area contributed by atoms with Crippen molar-refractivity contribution in [1.82, 2.24) is 10.4 Å². The summed E-state index contributed by atoms with van der Waals surface area (Å²) in [5.74, 6) is 0.679. The third-order valence-electron chi connectivity index (χ3n) is 3.74. The molecule has 1 unspecified atom stereocenters. The van der Waals surface area contributed by atoms with Crippen molar-refractivity contribution < 1.29 is 4.79 Å². The van der Waals surface area contributed by atoms with Crippen LogP contribution in [0.5, 0.6) is 0 Å². The van der Waals surface area contributed by atoms with Crippen molar-refractivity contribution in [3.05, 3.63) is 48.7 Å². The van der Waals surface area contributed by atoms with Crippen LogP contribution in [-0.2, 0) is 4.79 Å². The molecule has 2 aromatic rings. The van der Waals surface area contributed by atoms with Gasteiger partial charge in [0.1, 0.15) is 0 Å². The molecule has 1 N–H and O–H groups in total. The van der Waals surface area contributed by atoms with Gasteiger partial charge in [-0.1, -0.05) is 30.4 Å². The van der Waals surface area contributed by atoms with Gasteiger partial charge < -0.3 is 0 Å². The number of benzene rings is 1. The largest absolute Gasteiger partial charge is 0.272 e. The number of carbonyl (C=O) groups excluding carboxylic acids is 1. The molecule has 3 rings (SSSR count). The number of pyridine rings is 1. The van der Waals surface area contributed by atoms with Gasteiger partial charge >= 0.3 is 0 Å². The molecule has 1 aliphatic carbocycles. The van der Waals surface area contributed by atoms with E-state index in [-0.39, 0.29) is 5.91 Å². The molecule has 1 amide bonds. The van der Waals surface area contributed by atoms with E-state index in [9.17, 15) is 4.79 Å². The molecular formula is C18H19N3OS. The third-order valence-corrected chi connectivity index (χ3v) is 4.79. The number of hydrogen-bond donors (Lipinski definition) is 1. The maximum absolute atomic E-state index is 11.9. The second kappa shape index (κ2) is 7.92. The molecule has 0 spiro atoms. The van der Waals surface area contributed by atoms with E-state index in [0.717, 1.165) is 35.1 Å². The Morgan fingerprint density at radius 2 is 2.26 bits per heavy atom. The van der Waals surface area contributed by atoms with E-state index < -0.39 is 0 Å². The minimum absolute atomic E-state index is 0.0921. The minimum atomic E-state index is -0.0921. The van der Waals surface area contributed by atoms with Gasteiger partial charge in [-0.2, -0.15) is 5.10 Å². The quantitative estimate of drug-likeness (QED) is 0.394. The average Bonchev–Trinajstić information content (AvgIpc) is 2.61. The molecule has 1 aliphatic rings. The fourth-order valence-electron chi connectivity index (χ4n) is 2.54. The highest BCUT2D eigenvalue weighted by Crippen LogP contribution is 2.25. The molecule has 4 nitrogen and oxygen atoms in total. The first-order valence-electron chi connectivity index (χ1n) is 7.76. The lowest BCUT2D eigenvalue weighted by atomic mass is 9.96. The Labute approximate surface area is 140 Å². The predicted octanol–water partition coefficient (Wildman–Crippen LogP) is 3.79. The molecule has 0 radical (unpaired) electrons. The van der Waals surface area contributed by atoms with E-state index in [1.807, 2.05) is 36.5 Å². The van der Waals surface area contributed by atoms with Crippen molar-refractivity contribution in [3.8, 4) is 0 Å². The Kier molecular flexibility index (Phi) is 5.42. The van der Waals surface area contributed by atoms with Crippen molar-refractivity contribution in [2.75, 3.05) is 5.75 Å². The molecule has 1 atom stereocenters. The Morgan fingerprint density at radius 1 is 1.35 bits per heavy atom. The van der Waals surface area contributed by atoms with Gasteiger partial charge in [0.15, 0.2) is 0 Å². The van der Waals surface area contributed by atoms with Crippen LogP contribution in [0.3, 0.4) is 0 Å². The summed E-state index contributed by atoms with van der Waals surface area (Å²) in [5.41, 5.74) is 3.55. The smallest absolute Gasteiger partial charge is 0.250 e. The van der Waals surface area contributed by atoms with Crippen LogP contribution in [0.15, 0.2) is 58.7 Å². The minimum Gasteiger partial charge on any atom is -0.272 e. The van der Waals surface area contributed by atoms with E-state index in [1.165, 1.54) is 11.8 Å². The van der Waals surface area contributed by atoms with E-state index in [4.69, 9.17) is 0 Å². The zero-order valence-corrected chi connectivity index (χ0v) is 13.6. The lowest BCUT2D eigenvalue weighted by molar-refractivity contribution is -0.118. The normalized spacial score (nSPS) is 17.7.